The Balaban J connectivity index is 0.000000550. The van der Waals surface area contributed by atoms with Crippen LogP contribution in [0.25, 0.3) is 0 Å². The lowest BCUT2D eigenvalue weighted by Crippen LogP contribution is -2.32. The molecule has 0 aliphatic rings. The van der Waals surface area contributed by atoms with E-state index in [0.29, 0.717) is 5.75 Å². The number of halogens is 4. The smallest absolute Gasteiger partial charge is 0.418 e. The normalized spacial score (nSPS) is 13.7. The molecule has 0 saturated carbocycles. The van der Waals surface area contributed by atoms with Gasteiger partial charge in [0.2, 0.25) is 0 Å². The molecule has 2 aromatic rings. The first-order chi connectivity index (χ1) is 11.6. The summed E-state index contributed by atoms with van der Waals surface area (Å²) < 4.78 is 54.1. The van der Waals surface area contributed by atoms with Gasteiger partial charge in [0.25, 0.3) is 0 Å². The van der Waals surface area contributed by atoms with Gasteiger partial charge in [-0.2, -0.15) is 0 Å². The van der Waals surface area contributed by atoms with Crippen LogP contribution in [0.15, 0.2) is 65.6 Å². The van der Waals surface area contributed by atoms with Gasteiger partial charge in [-0.05, 0) is 30.5 Å². The van der Waals surface area contributed by atoms with Crippen molar-refractivity contribution in [1.29, 1.82) is 0 Å². The van der Waals surface area contributed by atoms with Crippen molar-refractivity contribution in [1.82, 2.24) is 4.31 Å². The van der Waals surface area contributed by atoms with Gasteiger partial charge in [0, 0.05) is 14.1 Å². The molecule has 2 aromatic carbocycles. The zero-order chi connectivity index (χ0) is 18.9. The third-order valence-electron chi connectivity index (χ3n) is 3.43. The molecule has 0 aliphatic carbocycles. The molecule has 0 fully saturated rings. The Morgan fingerprint density at radius 1 is 0.880 bits per heavy atom. The predicted molar refractivity (Wildman–Crippen MR) is 96.3 cm³/mol. The summed E-state index contributed by atoms with van der Waals surface area (Å²) in [6.07, 6.45) is 1.90. The minimum absolute atomic E-state index is 0.693. The summed E-state index contributed by atoms with van der Waals surface area (Å²) in [5.41, 5.74) is 1.31. The lowest BCUT2D eigenvalue weighted by molar-refractivity contribution is 0.368. The van der Waals surface area contributed by atoms with Crippen LogP contribution in [0.1, 0.15) is 12.0 Å². The molecule has 0 aromatic heterocycles. The van der Waals surface area contributed by atoms with Gasteiger partial charge in [0.05, 0.1) is 0 Å². The van der Waals surface area contributed by atoms with Crippen LogP contribution in [0.5, 0.6) is 0 Å². The molecule has 138 valence electrons. The lowest BCUT2D eigenvalue weighted by Gasteiger charge is -2.17. The van der Waals surface area contributed by atoms with E-state index >= 15 is 0 Å². The van der Waals surface area contributed by atoms with Crippen molar-refractivity contribution >= 4 is 17.4 Å². The Morgan fingerprint density at radius 3 is 1.76 bits per heavy atom. The summed E-state index contributed by atoms with van der Waals surface area (Å²) in [6, 6.07) is 20.2. The lowest BCUT2D eigenvalue weighted by atomic mass is 10.1. The van der Waals surface area contributed by atoms with Gasteiger partial charge in [-0.25, -0.2) is 0 Å². The minimum atomic E-state index is -6.00. The number of rotatable bonds is 6. The molecule has 0 amide bonds. The molecule has 1 unspecified atom stereocenters. The largest absolute Gasteiger partial charge is 0.673 e. The molecule has 0 saturated heterocycles. The van der Waals surface area contributed by atoms with Crippen LogP contribution >= 0.6 is 0 Å². The maximum atomic E-state index is 13.2. The van der Waals surface area contributed by atoms with E-state index in [1.165, 1.54) is 5.56 Å². The molecule has 1 atom stereocenters. The molecular weight excluding hydrogens is 353 g/mol. The Labute approximate surface area is 147 Å². The molecule has 25 heavy (non-hydrogen) atoms. The Morgan fingerprint density at radius 2 is 1.32 bits per heavy atom. The van der Waals surface area contributed by atoms with E-state index in [0.717, 1.165) is 17.7 Å². The second kappa shape index (κ2) is 9.72. The van der Waals surface area contributed by atoms with E-state index in [4.69, 9.17) is 0 Å². The fraction of sp³-hybridized carbons (Fsp3) is 0.294. The molecule has 8 heteroatoms. The second-order valence-electron chi connectivity index (χ2n) is 5.55. The summed E-state index contributed by atoms with van der Waals surface area (Å²) in [7, 11) is -4.32. The number of benzene rings is 2. The van der Waals surface area contributed by atoms with Gasteiger partial charge in [0.15, 0.2) is 15.0 Å². The first-order valence-corrected chi connectivity index (χ1v) is 9.47. The van der Waals surface area contributed by atoms with E-state index in [-0.39, 0.29) is 0 Å². The van der Waals surface area contributed by atoms with Gasteiger partial charge < -0.3 is 17.3 Å². The molecule has 0 bridgehead atoms. The summed E-state index contributed by atoms with van der Waals surface area (Å²) in [5, 5.41) is 0. The first-order valence-electron chi connectivity index (χ1n) is 7.78. The van der Waals surface area contributed by atoms with Crippen LogP contribution in [0, 0.1) is 0 Å². The number of hydrogen-bond acceptors (Lipinski definition) is 1. The molecule has 0 N–H and O–H groups in total. The number of hydrogen-bond donors (Lipinski definition) is 0. The van der Waals surface area contributed by atoms with Crippen molar-refractivity contribution in [2.45, 2.75) is 17.7 Å². The van der Waals surface area contributed by atoms with E-state index < -0.39 is 17.4 Å². The van der Waals surface area contributed by atoms with E-state index in [2.05, 4.69) is 24.3 Å². The summed E-state index contributed by atoms with van der Waals surface area (Å²) in [6.45, 7) is 0. The van der Waals surface area contributed by atoms with Crippen molar-refractivity contribution in [3.63, 3.8) is 0 Å². The highest BCUT2D eigenvalue weighted by molar-refractivity contribution is 8.00. The predicted octanol–water partition coefficient (Wildman–Crippen LogP) is 4.95. The minimum Gasteiger partial charge on any atom is -0.418 e. The van der Waals surface area contributed by atoms with Gasteiger partial charge >= 0.3 is 7.25 Å². The van der Waals surface area contributed by atoms with Crippen LogP contribution in [0.3, 0.4) is 0 Å². The first kappa shape index (κ1) is 21.4. The Kier molecular flexibility index (Phi) is 8.31. The standard InChI is InChI=1S/C17H22NOS.BF4/c1-18(2)20(19,17-13-7-4-8-14-17)15-9-12-16-10-5-3-6-11-16;2-1(3,4)5/h3-8,10-11,13-14H,9,12,15H2,1-2H3;/q+1;-1. The van der Waals surface area contributed by atoms with Crippen LogP contribution in [0.2, 0.25) is 0 Å². The molecule has 0 spiro atoms. The zero-order valence-electron chi connectivity index (χ0n) is 14.2. The Hall–Kier alpha value is -1.67. The quantitative estimate of drug-likeness (QED) is 0.397. The average Bonchev–Trinajstić information content (AvgIpc) is 2.55. The third-order valence-corrected chi connectivity index (χ3v) is 6.46. The maximum Gasteiger partial charge on any atom is 0.673 e. The van der Waals surface area contributed by atoms with Gasteiger partial charge in [0.1, 0.15) is 5.75 Å². The van der Waals surface area contributed by atoms with E-state index in [1.807, 2.05) is 54.8 Å². The van der Waals surface area contributed by atoms with Crippen LogP contribution in [-0.2, 0) is 20.7 Å². The van der Waals surface area contributed by atoms with Crippen molar-refractivity contribution in [2.24, 2.45) is 0 Å². The monoisotopic (exact) mass is 375 g/mol. The molecular formula is C17H22BF4NOS. The number of nitrogens with zero attached hydrogens (tertiary/aromatic N) is 1. The summed E-state index contributed by atoms with van der Waals surface area (Å²) >= 11 is 0. The topological polar surface area (TPSA) is 20.3 Å². The zero-order valence-corrected chi connectivity index (χ0v) is 15.1. The summed E-state index contributed by atoms with van der Waals surface area (Å²) in [5.74, 6) is 0.693. The van der Waals surface area contributed by atoms with Crippen LogP contribution in [-0.4, -0.2) is 31.4 Å². The van der Waals surface area contributed by atoms with Gasteiger partial charge in [-0.3, -0.25) is 0 Å². The SMILES string of the molecule is CN(C)[S+](=O)(CCCc1ccccc1)c1ccccc1.F[B-](F)(F)F. The molecule has 2 nitrogen and oxygen atoms in total. The van der Waals surface area contributed by atoms with Crippen molar-refractivity contribution in [3.8, 4) is 0 Å². The van der Waals surface area contributed by atoms with Gasteiger partial charge in [-0.1, -0.05) is 52.7 Å². The fourth-order valence-electron chi connectivity index (χ4n) is 2.26. The third kappa shape index (κ3) is 8.31. The van der Waals surface area contributed by atoms with E-state index in [9.17, 15) is 21.5 Å². The average molecular weight is 375 g/mol. The van der Waals surface area contributed by atoms with Crippen molar-refractivity contribution in [3.05, 3.63) is 66.2 Å². The Bertz CT molecular complexity index is 659. The van der Waals surface area contributed by atoms with Crippen LogP contribution < -0.4 is 0 Å². The van der Waals surface area contributed by atoms with Crippen LogP contribution in [0.4, 0.5) is 17.3 Å². The molecule has 2 rings (SSSR count). The van der Waals surface area contributed by atoms with E-state index in [1.54, 1.807) is 0 Å². The summed E-state index contributed by atoms with van der Waals surface area (Å²) in [4.78, 5) is 0.929. The highest BCUT2D eigenvalue weighted by atomic mass is 32.3. The second-order valence-corrected chi connectivity index (χ2v) is 8.44. The van der Waals surface area contributed by atoms with Crippen molar-refractivity contribution in [2.75, 3.05) is 19.8 Å². The fourth-order valence-corrected chi connectivity index (χ4v) is 4.40. The molecule has 0 aliphatic heterocycles. The number of aryl methyl sites for hydroxylation is 1. The molecule has 0 heterocycles. The highest BCUT2D eigenvalue weighted by Gasteiger charge is 2.33. The van der Waals surface area contributed by atoms with Crippen molar-refractivity contribution < 1.29 is 21.5 Å². The van der Waals surface area contributed by atoms with Gasteiger partial charge in [-0.15, -0.1) is 4.31 Å². The molecule has 0 radical (unpaired) electrons. The highest BCUT2D eigenvalue weighted by Crippen LogP contribution is 2.23. The maximum absolute atomic E-state index is 13.2.